The number of aromatic nitrogens is 1. The number of fused-ring (bicyclic) bond motifs is 1. The van der Waals surface area contributed by atoms with E-state index >= 15 is 0 Å². The van der Waals surface area contributed by atoms with Gasteiger partial charge in [0.05, 0.1) is 5.52 Å². The zero-order valence-corrected chi connectivity index (χ0v) is 17.9. The van der Waals surface area contributed by atoms with Gasteiger partial charge in [-0.25, -0.2) is 10.0 Å². The molecule has 1 atom stereocenters. The molecule has 1 unspecified atom stereocenters. The highest BCUT2D eigenvalue weighted by Gasteiger charge is 2.30. The smallest absolute Gasteiger partial charge is 0.0726 e. The van der Waals surface area contributed by atoms with E-state index in [0.29, 0.717) is 0 Å². The minimum atomic E-state index is 0.772. The highest BCUT2D eigenvalue weighted by Crippen LogP contribution is 2.28. The Labute approximate surface area is 175 Å². The molecule has 3 fully saturated rings. The largest absolute Gasteiger partial charge is 0.368 e. The van der Waals surface area contributed by atoms with Crippen molar-refractivity contribution in [2.24, 2.45) is 0 Å². The van der Waals surface area contributed by atoms with Gasteiger partial charge in [0.1, 0.15) is 0 Å². The van der Waals surface area contributed by atoms with Crippen LogP contribution in [0.1, 0.15) is 37.8 Å². The molecule has 5 heteroatoms. The van der Waals surface area contributed by atoms with E-state index in [0.717, 1.165) is 43.4 Å². The van der Waals surface area contributed by atoms with E-state index in [-0.39, 0.29) is 0 Å². The maximum Gasteiger partial charge on any atom is 0.0726 e. The molecule has 3 aliphatic rings. The lowest BCUT2D eigenvalue weighted by Crippen LogP contribution is -2.59. The number of aryl methyl sites for hydroxylation is 1. The van der Waals surface area contributed by atoms with E-state index in [4.69, 9.17) is 4.98 Å². The van der Waals surface area contributed by atoms with Crippen LogP contribution in [0.5, 0.6) is 0 Å². The van der Waals surface area contributed by atoms with E-state index in [1.165, 1.54) is 69.4 Å². The maximum absolute atomic E-state index is 4.72. The van der Waals surface area contributed by atoms with Gasteiger partial charge in [0.2, 0.25) is 0 Å². The molecule has 1 aromatic carbocycles. The number of para-hydroxylation sites is 1. The Morgan fingerprint density at radius 1 is 0.828 bits per heavy atom. The van der Waals surface area contributed by atoms with Crippen molar-refractivity contribution in [3.8, 4) is 0 Å². The average molecular weight is 394 g/mol. The average Bonchev–Trinajstić information content (AvgIpc) is 2.79. The first kappa shape index (κ1) is 19.3. The van der Waals surface area contributed by atoms with Crippen LogP contribution in [0.4, 0.5) is 5.69 Å². The number of hydrogen-bond donors (Lipinski definition) is 0. The van der Waals surface area contributed by atoms with Gasteiger partial charge in [0, 0.05) is 62.1 Å². The molecule has 4 heterocycles. The summed E-state index contributed by atoms with van der Waals surface area (Å²) in [4.78, 5) is 10.1. The van der Waals surface area contributed by atoms with E-state index < -0.39 is 0 Å². The van der Waals surface area contributed by atoms with Crippen LogP contribution in [-0.4, -0.2) is 78.3 Å². The lowest BCUT2D eigenvalue weighted by Gasteiger charge is -2.47. The van der Waals surface area contributed by atoms with Gasteiger partial charge in [-0.05, 0) is 57.8 Å². The first-order chi connectivity index (χ1) is 14.3. The standard InChI is InChI=1S/C24H35N5/c1-20-18-24(22-9-3-4-10-23(22)25-20)27-14-16-28(17-15-27)29-13-7-8-21(19-29)26-11-5-2-6-12-26/h3-4,9-10,18,21H,2,5-8,11-17,19H2,1H3. The van der Waals surface area contributed by atoms with E-state index in [1.54, 1.807) is 0 Å². The Balaban J connectivity index is 1.24. The summed E-state index contributed by atoms with van der Waals surface area (Å²) in [6.45, 7) is 11.7. The van der Waals surface area contributed by atoms with Crippen molar-refractivity contribution in [2.75, 3.05) is 57.3 Å². The van der Waals surface area contributed by atoms with Crippen molar-refractivity contribution in [3.63, 3.8) is 0 Å². The van der Waals surface area contributed by atoms with Crippen LogP contribution >= 0.6 is 0 Å². The molecule has 2 aromatic rings. The number of anilines is 1. The molecule has 156 valence electrons. The molecule has 0 aliphatic carbocycles. The summed E-state index contributed by atoms with van der Waals surface area (Å²) < 4.78 is 0. The van der Waals surface area contributed by atoms with Crippen molar-refractivity contribution >= 4 is 16.6 Å². The van der Waals surface area contributed by atoms with Gasteiger partial charge in [0.15, 0.2) is 0 Å². The minimum absolute atomic E-state index is 0.772. The van der Waals surface area contributed by atoms with Gasteiger partial charge in [0.25, 0.3) is 0 Å². The topological polar surface area (TPSA) is 25.9 Å². The lowest BCUT2D eigenvalue weighted by molar-refractivity contribution is -0.0692. The zero-order chi connectivity index (χ0) is 19.6. The lowest BCUT2D eigenvalue weighted by atomic mass is 10.0. The highest BCUT2D eigenvalue weighted by atomic mass is 15.6. The molecule has 5 rings (SSSR count). The Morgan fingerprint density at radius 3 is 2.45 bits per heavy atom. The molecule has 1 aromatic heterocycles. The minimum Gasteiger partial charge on any atom is -0.368 e. The second-order valence-electron chi connectivity index (χ2n) is 9.05. The van der Waals surface area contributed by atoms with Crippen LogP contribution in [0.2, 0.25) is 0 Å². The molecule has 5 nitrogen and oxygen atoms in total. The summed E-state index contributed by atoms with van der Waals surface area (Å²) in [5.74, 6) is 0. The number of hydrazine groups is 1. The van der Waals surface area contributed by atoms with Crippen molar-refractivity contribution in [1.29, 1.82) is 0 Å². The molecule has 3 saturated heterocycles. The van der Waals surface area contributed by atoms with Crippen molar-refractivity contribution in [1.82, 2.24) is 19.9 Å². The van der Waals surface area contributed by atoms with Gasteiger partial charge in [-0.2, -0.15) is 0 Å². The number of pyridine rings is 1. The number of piperazine rings is 1. The molecule has 0 radical (unpaired) electrons. The first-order valence-corrected chi connectivity index (χ1v) is 11.6. The number of benzene rings is 1. The number of nitrogens with zero attached hydrogens (tertiary/aromatic N) is 5. The van der Waals surface area contributed by atoms with Crippen molar-refractivity contribution in [2.45, 2.75) is 45.1 Å². The summed E-state index contributed by atoms with van der Waals surface area (Å²) in [7, 11) is 0. The van der Waals surface area contributed by atoms with E-state index in [2.05, 4.69) is 57.1 Å². The number of likely N-dealkylation sites (tertiary alicyclic amines) is 1. The van der Waals surface area contributed by atoms with Crippen molar-refractivity contribution < 1.29 is 0 Å². The second kappa shape index (κ2) is 8.58. The summed E-state index contributed by atoms with van der Waals surface area (Å²) in [5.41, 5.74) is 3.59. The van der Waals surface area contributed by atoms with Gasteiger partial charge < -0.3 is 4.90 Å². The predicted octanol–water partition coefficient (Wildman–Crippen LogP) is 3.53. The normalized spacial score (nSPS) is 25.6. The molecule has 0 N–H and O–H groups in total. The van der Waals surface area contributed by atoms with Gasteiger partial charge >= 0.3 is 0 Å². The molecule has 29 heavy (non-hydrogen) atoms. The van der Waals surface area contributed by atoms with Crippen LogP contribution in [0.3, 0.4) is 0 Å². The van der Waals surface area contributed by atoms with Crippen LogP contribution in [-0.2, 0) is 0 Å². The third-order valence-corrected chi connectivity index (χ3v) is 7.10. The highest BCUT2D eigenvalue weighted by molar-refractivity contribution is 5.92. The van der Waals surface area contributed by atoms with Gasteiger partial charge in [-0.15, -0.1) is 0 Å². The van der Waals surface area contributed by atoms with Crippen LogP contribution in [0.25, 0.3) is 10.9 Å². The Hall–Kier alpha value is -1.69. The Morgan fingerprint density at radius 2 is 1.62 bits per heavy atom. The fourth-order valence-corrected chi connectivity index (χ4v) is 5.54. The summed E-state index contributed by atoms with van der Waals surface area (Å²) in [5, 5.41) is 6.61. The van der Waals surface area contributed by atoms with Gasteiger partial charge in [-0.1, -0.05) is 24.6 Å². The van der Waals surface area contributed by atoms with Gasteiger partial charge in [-0.3, -0.25) is 9.88 Å². The third-order valence-electron chi connectivity index (χ3n) is 7.10. The SMILES string of the molecule is Cc1cc(N2CCN(N3CCCC(N4CCCCC4)C3)CC2)c2ccccc2n1. The fraction of sp³-hybridized carbons (Fsp3) is 0.625. The predicted molar refractivity (Wildman–Crippen MR) is 120 cm³/mol. The molecular formula is C24H35N5. The summed E-state index contributed by atoms with van der Waals surface area (Å²) in [6, 6.07) is 11.6. The number of piperidine rings is 2. The molecule has 3 aliphatic heterocycles. The molecule has 0 amide bonds. The molecular weight excluding hydrogens is 358 g/mol. The van der Waals surface area contributed by atoms with Crippen LogP contribution in [0.15, 0.2) is 30.3 Å². The van der Waals surface area contributed by atoms with Crippen LogP contribution in [0, 0.1) is 6.92 Å². The summed E-state index contributed by atoms with van der Waals surface area (Å²) in [6.07, 6.45) is 6.95. The number of rotatable bonds is 3. The number of hydrogen-bond acceptors (Lipinski definition) is 5. The molecule has 0 spiro atoms. The molecule has 0 bridgehead atoms. The van der Waals surface area contributed by atoms with E-state index in [1.807, 2.05) is 0 Å². The van der Waals surface area contributed by atoms with Crippen molar-refractivity contribution in [3.05, 3.63) is 36.0 Å². The monoisotopic (exact) mass is 393 g/mol. The fourth-order valence-electron chi connectivity index (χ4n) is 5.54. The second-order valence-corrected chi connectivity index (χ2v) is 9.05. The quantitative estimate of drug-likeness (QED) is 0.795. The molecule has 0 saturated carbocycles. The maximum atomic E-state index is 4.72. The first-order valence-electron chi connectivity index (χ1n) is 11.6. The third kappa shape index (κ3) is 4.14. The van der Waals surface area contributed by atoms with Crippen LogP contribution < -0.4 is 4.90 Å². The Bertz CT molecular complexity index is 823. The Kier molecular flexibility index (Phi) is 5.71. The van der Waals surface area contributed by atoms with E-state index in [9.17, 15) is 0 Å². The zero-order valence-electron chi connectivity index (χ0n) is 17.9. The summed E-state index contributed by atoms with van der Waals surface area (Å²) >= 11 is 0.